The van der Waals surface area contributed by atoms with E-state index in [4.69, 9.17) is 0 Å². The lowest BCUT2D eigenvalue weighted by Gasteiger charge is -2.10. The molecule has 4 rings (SSSR count). The van der Waals surface area contributed by atoms with E-state index in [1.165, 1.54) is 10.7 Å². The molecule has 0 radical (unpaired) electrons. The molecule has 1 aromatic heterocycles. The fourth-order valence-electron chi connectivity index (χ4n) is 3.07. The molecule has 138 valence electrons. The highest BCUT2D eigenvalue weighted by atomic mass is 19.1. The first-order valence-corrected chi connectivity index (χ1v) is 8.93. The average molecular weight is 371 g/mol. The zero-order chi connectivity index (χ0) is 19.7. The molecule has 0 bridgehead atoms. The molecule has 0 aliphatic heterocycles. The van der Waals surface area contributed by atoms with Crippen LogP contribution in [0.1, 0.15) is 16.7 Å². The molecule has 3 aromatic carbocycles. The van der Waals surface area contributed by atoms with Crippen molar-refractivity contribution in [1.29, 1.82) is 0 Å². The van der Waals surface area contributed by atoms with Crippen LogP contribution in [0.3, 0.4) is 0 Å². The Balaban J connectivity index is 1.98. The molecule has 5 heteroatoms. The summed E-state index contributed by atoms with van der Waals surface area (Å²) in [5.41, 5.74) is 3.39. The Morgan fingerprint density at radius 2 is 1.75 bits per heavy atom. The van der Waals surface area contributed by atoms with E-state index in [0.29, 0.717) is 10.9 Å². The lowest BCUT2D eigenvalue weighted by atomic mass is 10.1. The van der Waals surface area contributed by atoms with Crippen LogP contribution in [0, 0.1) is 19.7 Å². The summed E-state index contributed by atoms with van der Waals surface area (Å²) in [6, 6.07) is 19.2. The first kappa shape index (κ1) is 17.8. The maximum Gasteiger partial charge on any atom is 0.282 e. The Bertz CT molecular complexity index is 1270. The van der Waals surface area contributed by atoms with E-state index in [1.54, 1.807) is 48.7 Å². The van der Waals surface area contributed by atoms with Crippen molar-refractivity contribution in [3.8, 4) is 11.4 Å². The molecule has 1 heterocycles. The lowest BCUT2D eigenvalue weighted by molar-refractivity contribution is 0.627. The van der Waals surface area contributed by atoms with Crippen molar-refractivity contribution in [3.63, 3.8) is 0 Å². The van der Waals surface area contributed by atoms with Crippen LogP contribution in [0.4, 0.5) is 4.39 Å². The number of para-hydroxylation sites is 1. The van der Waals surface area contributed by atoms with Crippen LogP contribution in [0.5, 0.6) is 0 Å². The number of nitrogens with zero attached hydrogens (tertiary/aromatic N) is 3. The first-order valence-electron chi connectivity index (χ1n) is 8.93. The fourth-order valence-corrected chi connectivity index (χ4v) is 3.07. The van der Waals surface area contributed by atoms with E-state index in [9.17, 15) is 9.18 Å². The molecule has 0 aliphatic carbocycles. The van der Waals surface area contributed by atoms with Gasteiger partial charge in [0, 0.05) is 0 Å². The van der Waals surface area contributed by atoms with Gasteiger partial charge < -0.3 is 0 Å². The number of hydrogen-bond acceptors (Lipinski definition) is 3. The van der Waals surface area contributed by atoms with E-state index in [2.05, 4.69) is 10.1 Å². The molecule has 0 fully saturated rings. The summed E-state index contributed by atoms with van der Waals surface area (Å²) in [5, 5.41) is 4.83. The van der Waals surface area contributed by atoms with Crippen LogP contribution in [-0.2, 0) is 0 Å². The highest BCUT2D eigenvalue weighted by Crippen LogP contribution is 2.22. The van der Waals surface area contributed by atoms with Gasteiger partial charge in [0.25, 0.3) is 5.56 Å². The number of benzene rings is 3. The maximum absolute atomic E-state index is 14.5. The molecule has 28 heavy (non-hydrogen) atoms. The Morgan fingerprint density at radius 3 is 2.57 bits per heavy atom. The molecule has 0 saturated heterocycles. The lowest BCUT2D eigenvalue weighted by Crippen LogP contribution is -2.20. The number of rotatable bonds is 3. The largest absolute Gasteiger partial charge is 0.282 e. The maximum atomic E-state index is 14.5. The Hall–Kier alpha value is -3.60. The third kappa shape index (κ3) is 3.22. The van der Waals surface area contributed by atoms with E-state index in [-0.39, 0.29) is 16.9 Å². The minimum atomic E-state index is -0.458. The summed E-state index contributed by atoms with van der Waals surface area (Å²) >= 11 is 0. The summed E-state index contributed by atoms with van der Waals surface area (Å²) in [6.45, 7) is 3.96. The van der Waals surface area contributed by atoms with Gasteiger partial charge in [-0.2, -0.15) is 9.78 Å². The van der Waals surface area contributed by atoms with Crippen molar-refractivity contribution in [2.24, 2.45) is 5.10 Å². The van der Waals surface area contributed by atoms with Gasteiger partial charge in [-0.25, -0.2) is 9.37 Å². The second-order valence-electron chi connectivity index (χ2n) is 6.65. The minimum Gasteiger partial charge on any atom is -0.267 e. The third-order valence-corrected chi connectivity index (χ3v) is 4.62. The van der Waals surface area contributed by atoms with E-state index < -0.39 is 5.82 Å². The number of aryl methyl sites for hydroxylation is 2. The van der Waals surface area contributed by atoms with Gasteiger partial charge in [-0.05, 0) is 49.2 Å². The first-order chi connectivity index (χ1) is 13.5. The normalized spacial score (nSPS) is 11.4. The van der Waals surface area contributed by atoms with E-state index in [0.717, 1.165) is 16.7 Å². The summed E-state index contributed by atoms with van der Waals surface area (Å²) in [4.78, 5) is 17.6. The number of aromatic nitrogens is 2. The molecule has 0 amide bonds. The topological polar surface area (TPSA) is 47.2 Å². The molecular formula is C23H18FN3O. The Kier molecular flexibility index (Phi) is 4.57. The SMILES string of the molecule is Cc1ccc(C)c(C=Nn2c(-c3ccccc3F)nc3ccccc3c2=O)c1. The van der Waals surface area contributed by atoms with Crippen LogP contribution in [0.15, 0.2) is 76.6 Å². The standard InChI is InChI=1S/C23H18FN3O/c1-15-11-12-16(2)17(13-15)14-25-27-22(18-7-3-5-9-20(18)24)26-21-10-6-4-8-19(21)23(27)28/h3-14H,1-2H3. The van der Waals surface area contributed by atoms with Gasteiger partial charge in [-0.1, -0.05) is 48.0 Å². The van der Waals surface area contributed by atoms with E-state index in [1.807, 2.05) is 32.0 Å². The fraction of sp³-hybridized carbons (Fsp3) is 0.0870. The smallest absolute Gasteiger partial charge is 0.267 e. The summed E-state index contributed by atoms with van der Waals surface area (Å²) < 4.78 is 15.6. The molecule has 4 aromatic rings. The number of halogens is 1. The van der Waals surface area contributed by atoms with Crippen LogP contribution >= 0.6 is 0 Å². The zero-order valence-corrected chi connectivity index (χ0v) is 15.6. The van der Waals surface area contributed by atoms with Crippen molar-refractivity contribution in [1.82, 2.24) is 9.66 Å². The summed E-state index contributed by atoms with van der Waals surface area (Å²) in [7, 11) is 0. The van der Waals surface area contributed by atoms with Gasteiger partial charge in [-0.3, -0.25) is 4.79 Å². The van der Waals surface area contributed by atoms with Crippen LogP contribution in [0.2, 0.25) is 0 Å². The van der Waals surface area contributed by atoms with Gasteiger partial charge in [0.15, 0.2) is 5.82 Å². The van der Waals surface area contributed by atoms with Gasteiger partial charge >= 0.3 is 0 Å². The highest BCUT2D eigenvalue weighted by Gasteiger charge is 2.15. The van der Waals surface area contributed by atoms with Crippen molar-refractivity contribution < 1.29 is 4.39 Å². The van der Waals surface area contributed by atoms with Gasteiger partial charge in [0.2, 0.25) is 0 Å². The number of hydrogen-bond donors (Lipinski definition) is 0. The summed E-state index contributed by atoms with van der Waals surface area (Å²) in [6.07, 6.45) is 1.62. The van der Waals surface area contributed by atoms with Crippen molar-refractivity contribution in [2.75, 3.05) is 0 Å². The van der Waals surface area contributed by atoms with Crippen molar-refractivity contribution >= 4 is 17.1 Å². The Morgan fingerprint density at radius 1 is 1.00 bits per heavy atom. The van der Waals surface area contributed by atoms with Gasteiger partial charge in [0.1, 0.15) is 5.82 Å². The molecule has 0 N–H and O–H groups in total. The van der Waals surface area contributed by atoms with Crippen molar-refractivity contribution in [3.05, 3.63) is 99.6 Å². The second kappa shape index (κ2) is 7.19. The molecule has 0 aliphatic rings. The third-order valence-electron chi connectivity index (χ3n) is 4.62. The van der Waals surface area contributed by atoms with Gasteiger partial charge in [-0.15, -0.1) is 0 Å². The Labute approximate surface area is 161 Å². The quantitative estimate of drug-likeness (QED) is 0.490. The second-order valence-corrected chi connectivity index (χ2v) is 6.65. The predicted molar refractivity (Wildman–Crippen MR) is 110 cm³/mol. The summed E-state index contributed by atoms with van der Waals surface area (Å²) in [5.74, 6) is -0.288. The van der Waals surface area contributed by atoms with Crippen LogP contribution in [0.25, 0.3) is 22.3 Å². The molecule has 4 nitrogen and oxygen atoms in total. The molecule has 0 unspecified atom stereocenters. The van der Waals surface area contributed by atoms with Crippen LogP contribution in [-0.4, -0.2) is 15.9 Å². The molecule has 0 spiro atoms. The van der Waals surface area contributed by atoms with Crippen molar-refractivity contribution in [2.45, 2.75) is 13.8 Å². The average Bonchev–Trinajstić information content (AvgIpc) is 2.70. The van der Waals surface area contributed by atoms with E-state index >= 15 is 0 Å². The minimum absolute atomic E-state index is 0.170. The monoisotopic (exact) mass is 371 g/mol. The highest BCUT2D eigenvalue weighted by molar-refractivity contribution is 5.83. The van der Waals surface area contributed by atoms with Gasteiger partial charge in [0.05, 0.1) is 22.7 Å². The molecular weight excluding hydrogens is 353 g/mol. The predicted octanol–water partition coefficient (Wildman–Crippen LogP) is 4.70. The van der Waals surface area contributed by atoms with Crippen LogP contribution < -0.4 is 5.56 Å². The zero-order valence-electron chi connectivity index (χ0n) is 15.6. The number of fused-ring (bicyclic) bond motifs is 1. The molecule has 0 saturated carbocycles. The molecule has 0 atom stereocenters.